The van der Waals surface area contributed by atoms with Gasteiger partial charge in [-0.25, -0.2) is 0 Å². The first-order valence-electron chi connectivity index (χ1n) is 3.54. The summed E-state index contributed by atoms with van der Waals surface area (Å²) in [6.45, 7) is 3.48. The second kappa shape index (κ2) is 3.95. The second-order valence-corrected chi connectivity index (χ2v) is 3.96. The van der Waals surface area contributed by atoms with Crippen molar-refractivity contribution in [1.29, 1.82) is 0 Å². The van der Waals surface area contributed by atoms with Crippen LogP contribution in [0.1, 0.15) is 11.1 Å². The van der Waals surface area contributed by atoms with E-state index in [-0.39, 0.29) is 5.02 Å². The molecule has 0 saturated carbocycles. The highest BCUT2D eigenvalue weighted by molar-refractivity contribution is 9.15. The number of benzene rings is 1. The van der Waals surface area contributed by atoms with Crippen molar-refractivity contribution in [3.63, 3.8) is 0 Å². The van der Waals surface area contributed by atoms with Crippen molar-refractivity contribution in [2.75, 3.05) is 0 Å². The Hall–Kier alpha value is -0.480. The Morgan fingerprint density at radius 1 is 1.36 bits per heavy atom. The highest BCUT2D eigenvalue weighted by Gasteiger charge is 2.33. The summed E-state index contributed by atoms with van der Waals surface area (Å²) in [5.41, 5.74) is -0.487. The molecule has 0 saturated heterocycles. The third-order valence-corrected chi connectivity index (χ3v) is 2.37. The monoisotopic (exact) mass is 284 g/mol. The molecule has 0 radical (unpaired) electrons. The zero-order chi connectivity index (χ0) is 10.9. The van der Waals surface area contributed by atoms with Gasteiger partial charge in [-0.1, -0.05) is 40.2 Å². The Bertz CT molecular complexity index is 371. The van der Waals surface area contributed by atoms with Crippen LogP contribution in [0.4, 0.5) is 13.2 Å². The lowest BCUT2D eigenvalue weighted by atomic mass is 10.1. The molecule has 1 aromatic rings. The van der Waals surface area contributed by atoms with Crippen LogP contribution < -0.4 is 0 Å². The third kappa shape index (κ3) is 2.51. The summed E-state index contributed by atoms with van der Waals surface area (Å²) in [5.74, 6) is 0. The molecule has 0 aliphatic rings. The van der Waals surface area contributed by atoms with Gasteiger partial charge in [0.15, 0.2) is 0 Å². The fraction of sp³-hybridized carbons (Fsp3) is 0.111. The molecule has 0 nitrogen and oxygen atoms in total. The molecule has 0 unspecified atom stereocenters. The van der Waals surface area contributed by atoms with Gasteiger partial charge < -0.3 is 0 Å². The maximum Gasteiger partial charge on any atom is 0.417 e. The van der Waals surface area contributed by atoms with Crippen LogP contribution in [0, 0.1) is 0 Å². The van der Waals surface area contributed by atoms with Gasteiger partial charge in [-0.15, -0.1) is 0 Å². The van der Waals surface area contributed by atoms with Crippen LogP contribution in [0.3, 0.4) is 0 Å². The first-order valence-corrected chi connectivity index (χ1v) is 4.71. The predicted molar refractivity (Wildman–Crippen MR) is 54.4 cm³/mol. The highest BCUT2D eigenvalue weighted by atomic mass is 79.9. The van der Waals surface area contributed by atoms with E-state index in [9.17, 15) is 13.2 Å². The Balaban J connectivity index is 3.29. The average Bonchev–Trinajstić information content (AvgIpc) is 2.02. The van der Waals surface area contributed by atoms with E-state index in [0.29, 0.717) is 10.0 Å². The van der Waals surface area contributed by atoms with Crippen molar-refractivity contribution in [1.82, 2.24) is 0 Å². The third-order valence-electron chi connectivity index (χ3n) is 1.58. The van der Waals surface area contributed by atoms with Crippen LogP contribution >= 0.6 is 27.5 Å². The Morgan fingerprint density at radius 2 is 1.93 bits per heavy atom. The quantitative estimate of drug-likeness (QED) is 0.700. The van der Waals surface area contributed by atoms with E-state index in [0.717, 1.165) is 6.07 Å². The maximum absolute atomic E-state index is 12.4. The van der Waals surface area contributed by atoms with Gasteiger partial charge in [-0.05, 0) is 17.7 Å². The summed E-state index contributed by atoms with van der Waals surface area (Å²) in [7, 11) is 0. The first-order chi connectivity index (χ1) is 6.32. The highest BCUT2D eigenvalue weighted by Crippen LogP contribution is 2.36. The van der Waals surface area contributed by atoms with Gasteiger partial charge in [0.25, 0.3) is 0 Å². The normalized spacial score (nSPS) is 11.5. The van der Waals surface area contributed by atoms with E-state index in [1.54, 1.807) is 0 Å². The lowest BCUT2D eigenvalue weighted by molar-refractivity contribution is -0.137. The van der Waals surface area contributed by atoms with Crippen LogP contribution in [-0.2, 0) is 6.18 Å². The number of hydrogen-bond acceptors (Lipinski definition) is 0. The maximum atomic E-state index is 12.4. The minimum Gasteiger partial charge on any atom is -0.166 e. The molecule has 0 atom stereocenters. The average molecular weight is 285 g/mol. The van der Waals surface area contributed by atoms with E-state index in [1.165, 1.54) is 12.1 Å². The number of hydrogen-bond donors (Lipinski definition) is 0. The van der Waals surface area contributed by atoms with Gasteiger partial charge >= 0.3 is 6.18 Å². The van der Waals surface area contributed by atoms with E-state index >= 15 is 0 Å². The van der Waals surface area contributed by atoms with Crippen molar-refractivity contribution in [3.8, 4) is 0 Å². The summed E-state index contributed by atoms with van der Waals surface area (Å²) in [6.07, 6.45) is -4.43. The van der Waals surface area contributed by atoms with Gasteiger partial charge in [0.1, 0.15) is 0 Å². The summed E-state index contributed by atoms with van der Waals surface area (Å²) in [4.78, 5) is 0. The zero-order valence-electron chi connectivity index (χ0n) is 6.83. The molecule has 0 spiro atoms. The van der Waals surface area contributed by atoms with Crippen molar-refractivity contribution in [3.05, 3.63) is 40.9 Å². The molecule has 0 aromatic heterocycles. The van der Waals surface area contributed by atoms with Crippen LogP contribution in [-0.4, -0.2) is 0 Å². The summed E-state index contributed by atoms with van der Waals surface area (Å²) in [5, 5.41) is -0.310. The van der Waals surface area contributed by atoms with Crippen molar-refractivity contribution < 1.29 is 13.2 Å². The molecule has 0 amide bonds. The van der Waals surface area contributed by atoms with Crippen LogP contribution in [0.15, 0.2) is 24.8 Å². The lowest BCUT2D eigenvalue weighted by Crippen LogP contribution is -2.06. The second-order valence-electron chi connectivity index (χ2n) is 2.60. The number of halogens is 5. The van der Waals surface area contributed by atoms with Crippen LogP contribution in [0.2, 0.25) is 5.02 Å². The molecule has 0 aliphatic carbocycles. The molecule has 5 heteroatoms. The predicted octanol–water partition coefficient (Wildman–Crippen LogP) is 4.72. The lowest BCUT2D eigenvalue weighted by Gasteiger charge is -2.10. The van der Waals surface area contributed by atoms with E-state index in [1.807, 2.05) is 0 Å². The Labute approximate surface area is 92.5 Å². The molecule has 1 rings (SSSR count). The number of alkyl halides is 3. The summed E-state index contributed by atoms with van der Waals surface area (Å²) >= 11 is 8.42. The molecule has 76 valence electrons. The van der Waals surface area contributed by atoms with Crippen molar-refractivity contribution in [2.45, 2.75) is 6.18 Å². The minimum absolute atomic E-state index is 0.310. The molecule has 14 heavy (non-hydrogen) atoms. The van der Waals surface area contributed by atoms with E-state index in [2.05, 4.69) is 22.5 Å². The van der Waals surface area contributed by atoms with Gasteiger partial charge in [-0.2, -0.15) is 13.2 Å². The molecule has 0 N–H and O–H groups in total. The van der Waals surface area contributed by atoms with Crippen molar-refractivity contribution in [2.24, 2.45) is 0 Å². The topological polar surface area (TPSA) is 0 Å². The molecule has 0 heterocycles. The number of rotatable bonds is 1. The van der Waals surface area contributed by atoms with Gasteiger partial charge in [0.05, 0.1) is 10.6 Å². The SMILES string of the molecule is C=C(Br)c1ccc(Cl)c(C(F)(F)F)c1. The Kier molecular flexibility index (Phi) is 3.27. The van der Waals surface area contributed by atoms with Gasteiger partial charge in [0.2, 0.25) is 0 Å². The minimum atomic E-state index is -4.43. The molecular weight excluding hydrogens is 280 g/mol. The molecular formula is C9H5BrClF3. The molecule has 0 aliphatic heterocycles. The first kappa shape index (κ1) is 11.6. The van der Waals surface area contributed by atoms with E-state index < -0.39 is 11.7 Å². The molecule has 0 fully saturated rings. The van der Waals surface area contributed by atoms with Crippen LogP contribution in [0.25, 0.3) is 4.48 Å². The van der Waals surface area contributed by atoms with Crippen molar-refractivity contribution >= 4 is 32.0 Å². The summed E-state index contributed by atoms with van der Waals surface area (Å²) < 4.78 is 37.5. The smallest absolute Gasteiger partial charge is 0.166 e. The fourth-order valence-electron chi connectivity index (χ4n) is 0.911. The zero-order valence-corrected chi connectivity index (χ0v) is 9.17. The van der Waals surface area contributed by atoms with Gasteiger partial charge in [-0.3, -0.25) is 0 Å². The van der Waals surface area contributed by atoms with Gasteiger partial charge in [0, 0.05) is 4.48 Å². The molecule has 0 bridgehead atoms. The Morgan fingerprint density at radius 3 is 2.36 bits per heavy atom. The molecule has 1 aromatic carbocycles. The summed E-state index contributed by atoms with van der Waals surface area (Å²) in [6, 6.07) is 3.63. The van der Waals surface area contributed by atoms with E-state index in [4.69, 9.17) is 11.6 Å². The standard InChI is InChI=1S/C9H5BrClF3/c1-5(10)6-2-3-8(11)7(4-6)9(12,13)14/h2-4H,1H2. The fourth-order valence-corrected chi connectivity index (χ4v) is 1.38. The largest absolute Gasteiger partial charge is 0.417 e. The van der Waals surface area contributed by atoms with Crippen LogP contribution in [0.5, 0.6) is 0 Å².